The third-order valence-corrected chi connectivity index (χ3v) is 9.04. The molecule has 1 atom stereocenters. The van der Waals surface area contributed by atoms with E-state index in [9.17, 15) is 9.59 Å². The lowest BCUT2D eigenvalue weighted by Gasteiger charge is -2.47. The number of halogens is 1. The highest BCUT2D eigenvalue weighted by Gasteiger charge is 2.38. The minimum absolute atomic E-state index is 0.0944. The molecule has 0 aliphatic carbocycles. The second-order valence-corrected chi connectivity index (χ2v) is 14.0. The average Bonchev–Trinajstić information content (AvgIpc) is 3.36. The van der Waals surface area contributed by atoms with Gasteiger partial charge in [-0.05, 0) is 77.3 Å². The summed E-state index contributed by atoms with van der Waals surface area (Å²) in [5, 5.41) is 3.79. The van der Waals surface area contributed by atoms with Gasteiger partial charge in [0, 0.05) is 42.6 Å². The minimum Gasteiger partial charge on any atom is -0.444 e. The van der Waals surface area contributed by atoms with E-state index < -0.39 is 11.1 Å². The van der Waals surface area contributed by atoms with Crippen LogP contribution in [0.4, 0.5) is 15.4 Å². The van der Waals surface area contributed by atoms with Crippen LogP contribution in [0.5, 0.6) is 0 Å². The normalized spacial score (nSPS) is 18.1. The molecule has 1 fully saturated rings. The lowest BCUT2D eigenvalue weighted by Crippen LogP contribution is -2.63. The van der Waals surface area contributed by atoms with Crippen molar-refractivity contribution in [3.63, 3.8) is 0 Å². The van der Waals surface area contributed by atoms with E-state index in [1.165, 1.54) is 5.57 Å². The van der Waals surface area contributed by atoms with Gasteiger partial charge in [-0.3, -0.25) is 0 Å². The van der Waals surface area contributed by atoms with Crippen LogP contribution < -0.4 is 10.2 Å². The molecule has 0 saturated carbocycles. The fourth-order valence-electron chi connectivity index (χ4n) is 5.45. The molecule has 1 N–H and O–H groups in total. The zero-order valence-corrected chi connectivity index (χ0v) is 26.7. The van der Waals surface area contributed by atoms with Gasteiger partial charge >= 0.3 is 12.1 Å². The van der Waals surface area contributed by atoms with Gasteiger partial charge < -0.3 is 24.8 Å². The number of rotatable bonds is 4. The molecule has 0 unspecified atom stereocenters. The number of aromatic nitrogens is 2. The van der Waals surface area contributed by atoms with Gasteiger partial charge in [0.15, 0.2) is 0 Å². The maximum Gasteiger partial charge on any atom is 0.410 e. The molecule has 3 aromatic rings. The third-order valence-electron chi connectivity index (χ3n) is 7.61. The van der Waals surface area contributed by atoms with E-state index in [2.05, 4.69) is 41.2 Å². The number of ether oxygens (including phenoxy) is 1. The van der Waals surface area contributed by atoms with Crippen LogP contribution in [0.1, 0.15) is 64.4 Å². The fourth-order valence-corrected chi connectivity index (χ4v) is 6.84. The summed E-state index contributed by atoms with van der Waals surface area (Å²) < 4.78 is 6.57. The number of amides is 3. The van der Waals surface area contributed by atoms with Gasteiger partial charge in [0.2, 0.25) is 0 Å². The highest BCUT2D eigenvalue weighted by molar-refractivity contribution is 7.20. The van der Waals surface area contributed by atoms with Crippen molar-refractivity contribution < 1.29 is 14.3 Å². The number of nitrogens with zero attached hydrogens (tertiary/aromatic N) is 5. The molecule has 5 rings (SSSR count). The molecular formula is C31H39ClN6O3S. The van der Waals surface area contributed by atoms with E-state index in [1.54, 1.807) is 22.6 Å². The van der Waals surface area contributed by atoms with Gasteiger partial charge in [-0.2, -0.15) is 0 Å². The van der Waals surface area contributed by atoms with Crippen LogP contribution in [0, 0.1) is 0 Å². The minimum atomic E-state index is -0.513. The Morgan fingerprint density at radius 3 is 2.60 bits per heavy atom. The monoisotopic (exact) mass is 610 g/mol. The molecule has 0 bridgehead atoms. The predicted molar refractivity (Wildman–Crippen MR) is 169 cm³/mol. The molecule has 2 aliphatic rings. The summed E-state index contributed by atoms with van der Waals surface area (Å²) in [7, 11) is 0. The zero-order chi connectivity index (χ0) is 30.2. The Morgan fingerprint density at radius 2 is 1.93 bits per heavy atom. The Bertz CT molecular complexity index is 1510. The molecule has 2 aromatic heterocycles. The van der Waals surface area contributed by atoms with Gasteiger partial charge in [0.25, 0.3) is 0 Å². The third kappa shape index (κ3) is 6.65. The van der Waals surface area contributed by atoms with Crippen LogP contribution in [-0.4, -0.2) is 75.8 Å². The number of hydrogen-bond acceptors (Lipinski definition) is 7. The van der Waals surface area contributed by atoms with Gasteiger partial charge in [-0.15, -0.1) is 11.3 Å². The van der Waals surface area contributed by atoms with Crippen LogP contribution in [0.15, 0.2) is 42.7 Å². The number of thiophene rings is 1. The van der Waals surface area contributed by atoms with Crippen molar-refractivity contribution in [3.8, 4) is 0 Å². The van der Waals surface area contributed by atoms with Gasteiger partial charge in [-0.1, -0.05) is 29.8 Å². The molecule has 1 aromatic carbocycles. The summed E-state index contributed by atoms with van der Waals surface area (Å²) >= 11 is 7.84. The van der Waals surface area contributed by atoms with Gasteiger partial charge in [-0.25, -0.2) is 19.6 Å². The summed E-state index contributed by atoms with van der Waals surface area (Å²) in [5.74, 6) is 0.892. The number of anilines is 1. The number of hydrogen-bond donors (Lipinski definition) is 1. The highest BCUT2D eigenvalue weighted by Crippen LogP contribution is 2.38. The van der Waals surface area contributed by atoms with E-state index in [0.717, 1.165) is 32.9 Å². The zero-order valence-electron chi connectivity index (χ0n) is 25.1. The number of fused-ring (bicyclic) bond motifs is 1. The molecule has 11 heteroatoms. The van der Waals surface area contributed by atoms with E-state index >= 15 is 0 Å². The molecule has 0 spiro atoms. The molecule has 224 valence electrons. The van der Waals surface area contributed by atoms with Crippen molar-refractivity contribution in [3.05, 3.63) is 58.2 Å². The second kappa shape index (κ2) is 11.7. The van der Waals surface area contributed by atoms with Crippen LogP contribution in [-0.2, 0) is 4.74 Å². The molecule has 9 nitrogen and oxygen atoms in total. The first-order chi connectivity index (χ1) is 19.8. The van der Waals surface area contributed by atoms with Crippen LogP contribution in [0.2, 0.25) is 5.02 Å². The number of piperazine rings is 1. The first-order valence-corrected chi connectivity index (χ1v) is 15.5. The van der Waals surface area contributed by atoms with Gasteiger partial charge in [0.05, 0.1) is 21.8 Å². The lowest BCUT2D eigenvalue weighted by molar-refractivity contribution is 0.0270. The second-order valence-electron chi connectivity index (χ2n) is 12.5. The van der Waals surface area contributed by atoms with E-state index in [1.807, 2.05) is 56.9 Å². The first kappa shape index (κ1) is 30.1. The standard InChI is InChI=1S/C31H39ClN6O3S/c1-20(22-8-7-9-23(32)16-22)35-28(39)38-15-14-37(18-31(38,5)6)27-26-24(33-19-34-27)17-25(42-26)21-10-12-36(13-11-21)29(40)41-30(2,3)4/h7-10,16-17,19-20H,11-15,18H2,1-6H3,(H,35,39)/t20-/m0/s1. The van der Waals surface area contributed by atoms with Crippen LogP contribution in [0.25, 0.3) is 15.8 Å². The number of carbonyl (C=O) groups excluding carboxylic acids is 2. The predicted octanol–water partition coefficient (Wildman–Crippen LogP) is 6.74. The summed E-state index contributed by atoms with van der Waals surface area (Å²) in [6.45, 7) is 14.8. The van der Waals surface area contributed by atoms with E-state index in [4.69, 9.17) is 21.3 Å². The first-order valence-electron chi connectivity index (χ1n) is 14.3. The molecule has 42 heavy (non-hydrogen) atoms. The summed E-state index contributed by atoms with van der Waals surface area (Å²) in [6.07, 6.45) is 4.20. The molecule has 2 aliphatic heterocycles. The lowest BCUT2D eigenvalue weighted by atomic mass is 9.99. The topological polar surface area (TPSA) is 90.9 Å². The number of benzene rings is 1. The van der Waals surface area contributed by atoms with Crippen molar-refractivity contribution in [1.29, 1.82) is 0 Å². The Hall–Kier alpha value is -3.37. The number of urea groups is 1. The summed E-state index contributed by atoms with van der Waals surface area (Å²) in [4.78, 5) is 42.1. The average molecular weight is 611 g/mol. The van der Waals surface area contributed by atoms with Crippen molar-refractivity contribution in [2.45, 2.75) is 65.1 Å². The fraction of sp³-hybridized carbons (Fsp3) is 0.484. The largest absolute Gasteiger partial charge is 0.444 e. The Labute approximate surface area is 256 Å². The van der Waals surface area contributed by atoms with E-state index in [-0.39, 0.29) is 18.2 Å². The van der Waals surface area contributed by atoms with Crippen molar-refractivity contribution in [2.24, 2.45) is 0 Å². The molecule has 3 amide bonds. The molecule has 1 saturated heterocycles. The SMILES string of the molecule is C[C@H](NC(=O)N1CCN(c2ncnc3cc(C4=CCN(C(=O)OC(C)(C)C)CC4)sc23)CC1(C)C)c1cccc(Cl)c1. The van der Waals surface area contributed by atoms with Crippen molar-refractivity contribution >= 4 is 56.7 Å². The Balaban J connectivity index is 1.28. The van der Waals surface area contributed by atoms with Crippen LogP contribution >= 0.6 is 22.9 Å². The maximum atomic E-state index is 13.4. The quantitative estimate of drug-likeness (QED) is 0.352. The molecule has 4 heterocycles. The smallest absolute Gasteiger partial charge is 0.410 e. The Kier molecular flexibility index (Phi) is 8.40. The summed E-state index contributed by atoms with van der Waals surface area (Å²) in [5.41, 5.74) is 2.14. The Morgan fingerprint density at radius 1 is 1.14 bits per heavy atom. The molecular weight excluding hydrogens is 572 g/mol. The van der Waals surface area contributed by atoms with Crippen LogP contribution in [0.3, 0.4) is 0 Å². The van der Waals surface area contributed by atoms with E-state index in [0.29, 0.717) is 37.7 Å². The maximum absolute atomic E-state index is 13.4. The number of carbonyl (C=O) groups is 2. The number of nitrogens with one attached hydrogen (secondary N) is 1. The van der Waals surface area contributed by atoms with Crippen molar-refractivity contribution in [1.82, 2.24) is 25.1 Å². The van der Waals surface area contributed by atoms with Gasteiger partial charge in [0.1, 0.15) is 17.7 Å². The summed E-state index contributed by atoms with van der Waals surface area (Å²) in [6, 6.07) is 9.43. The highest BCUT2D eigenvalue weighted by atomic mass is 35.5. The van der Waals surface area contributed by atoms with Crippen molar-refractivity contribution in [2.75, 3.05) is 37.6 Å². The molecule has 0 radical (unpaired) electrons.